The standard InChI is InChI=1S/C12H19F5O5Si/c1-6-20-8(18)10(9(19)21-7-2,22-23(3,4)5)11(13,14)12(15,16)17/h6-7H2,1-5H3. The van der Waals surface area contributed by atoms with Crippen LogP contribution in [-0.4, -0.2) is 51.2 Å². The second-order valence-electron chi connectivity index (χ2n) is 5.41. The van der Waals surface area contributed by atoms with Gasteiger partial charge >= 0.3 is 29.6 Å². The number of rotatable bonds is 7. The van der Waals surface area contributed by atoms with Gasteiger partial charge in [-0.15, -0.1) is 0 Å². The van der Waals surface area contributed by atoms with E-state index < -0.39 is 51.2 Å². The van der Waals surface area contributed by atoms with Crippen molar-refractivity contribution in [3.8, 4) is 0 Å². The lowest BCUT2D eigenvalue weighted by molar-refractivity contribution is -0.329. The molecule has 0 aromatic rings. The summed E-state index contributed by atoms with van der Waals surface area (Å²) >= 11 is 0. The van der Waals surface area contributed by atoms with Crippen molar-refractivity contribution in [2.24, 2.45) is 0 Å². The van der Waals surface area contributed by atoms with Gasteiger partial charge in [-0.1, -0.05) is 0 Å². The van der Waals surface area contributed by atoms with E-state index >= 15 is 0 Å². The molecule has 0 amide bonds. The van der Waals surface area contributed by atoms with Gasteiger partial charge in [-0.25, -0.2) is 9.59 Å². The van der Waals surface area contributed by atoms with Gasteiger partial charge < -0.3 is 13.9 Å². The first-order valence-corrected chi connectivity index (χ1v) is 10.1. The molecule has 0 saturated carbocycles. The van der Waals surface area contributed by atoms with Gasteiger partial charge in [-0.2, -0.15) is 22.0 Å². The van der Waals surface area contributed by atoms with Crippen LogP contribution in [0.5, 0.6) is 0 Å². The largest absolute Gasteiger partial charge is 0.463 e. The normalized spacial score (nSPS) is 13.7. The van der Waals surface area contributed by atoms with Crippen LogP contribution in [-0.2, 0) is 23.5 Å². The Balaban J connectivity index is 6.48. The predicted octanol–water partition coefficient (Wildman–Crippen LogP) is 2.90. The Labute approximate surface area is 131 Å². The number of halogens is 5. The monoisotopic (exact) mass is 366 g/mol. The van der Waals surface area contributed by atoms with Crippen LogP contribution in [0.25, 0.3) is 0 Å². The average molecular weight is 366 g/mol. The Bertz CT molecular complexity index is 426. The van der Waals surface area contributed by atoms with Gasteiger partial charge in [0.05, 0.1) is 13.2 Å². The number of carbonyl (C=O) groups excluding carboxylic acids is 2. The number of esters is 2. The predicted molar refractivity (Wildman–Crippen MR) is 71.4 cm³/mol. The zero-order valence-electron chi connectivity index (χ0n) is 13.3. The molecule has 0 bridgehead atoms. The third kappa shape index (κ3) is 4.40. The van der Waals surface area contributed by atoms with Crippen LogP contribution in [0.1, 0.15) is 13.8 Å². The summed E-state index contributed by atoms with van der Waals surface area (Å²) in [7, 11) is -3.25. The van der Waals surface area contributed by atoms with Crippen LogP contribution >= 0.6 is 0 Å². The van der Waals surface area contributed by atoms with Gasteiger partial charge in [-0.3, -0.25) is 0 Å². The Hall–Kier alpha value is -1.23. The smallest absolute Gasteiger partial charge is 0.457 e. The van der Waals surface area contributed by atoms with Gasteiger partial charge in [0, 0.05) is 0 Å². The summed E-state index contributed by atoms with van der Waals surface area (Å²) in [5, 5.41) is 0. The fraction of sp³-hybridized carbons (Fsp3) is 0.833. The molecule has 0 heterocycles. The van der Waals surface area contributed by atoms with Crippen LogP contribution in [0.4, 0.5) is 22.0 Å². The number of hydrogen-bond acceptors (Lipinski definition) is 5. The van der Waals surface area contributed by atoms with Crippen molar-refractivity contribution in [1.82, 2.24) is 0 Å². The Morgan fingerprint density at radius 3 is 1.43 bits per heavy atom. The molecule has 0 fully saturated rings. The summed E-state index contributed by atoms with van der Waals surface area (Å²) in [6, 6.07) is 0. The summed E-state index contributed by atoms with van der Waals surface area (Å²) in [4.78, 5) is 23.9. The molecule has 0 aliphatic carbocycles. The molecule has 0 aliphatic rings. The van der Waals surface area contributed by atoms with E-state index in [1.54, 1.807) is 0 Å². The van der Waals surface area contributed by atoms with Gasteiger partial charge in [0.25, 0.3) is 0 Å². The summed E-state index contributed by atoms with van der Waals surface area (Å²) in [6.07, 6.45) is -6.23. The summed E-state index contributed by atoms with van der Waals surface area (Å²) in [5.41, 5.74) is -4.23. The van der Waals surface area contributed by atoms with Crippen LogP contribution in [0.15, 0.2) is 0 Å². The molecule has 136 valence electrons. The van der Waals surface area contributed by atoms with Gasteiger partial charge in [0.15, 0.2) is 8.32 Å². The van der Waals surface area contributed by atoms with Crippen LogP contribution in [0, 0.1) is 0 Å². The molecule has 0 atom stereocenters. The Morgan fingerprint density at radius 1 is 0.870 bits per heavy atom. The highest BCUT2D eigenvalue weighted by Crippen LogP contribution is 2.47. The third-order valence-corrected chi connectivity index (χ3v) is 3.30. The highest BCUT2D eigenvalue weighted by molar-refractivity contribution is 6.70. The molecule has 0 N–H and O–H groups in total. The first kappa shape index (κ1) is 21.8. The van der Waals surface area contributed by atoms with E-state index in [4.69, 9.17) is 4.43 Å². The first-order valence-electron chi connectivity index (χ1n) is 6.66. The SMILES string of the molecule is CCOC(=O)C(O[Si](C)(C)C)(C(=O)OCC)C(F)(F)C(F)(F)F. The molecule has 0 aliphatic heterocycles. The third-order valence-electron chi connectivity index (χ3n) is 2.38. The maximum Gasteiger partial charge on any atom is 0.457 e. The lowest BCUT2D eigenvalue weighted by Crippen LogP contribution is -2.70. The minimum atomic E-state index is -6.23. The fourth-order valence-electron chi connectivity index (χ4n) is 1.61. The molecule has 11 heteroatoms. The summed E-state index contributed by atoms with van der Waals surface area (Å²) in [6.45, 7) is 5.06. The van der Waals surface area contributed by atoms with Crippen molar-refractivity contribution in [3.63, 3.8) is 0 Å². The van der Waals surface area contributed by atoms with Crippen molar-refractivity contribution in [3.05, 3.63) is 0 Å². The molecule has 0 radical (unpaired) electrons. The maximum absolute atomic E-state index is 14.1. The van der Waals surface area contributed by atoms with Gasteiger partial charge in [0.1, 0.15) is 0 Å². The van der Waals surface area contributed by atoms with E-state index in [-0.39, 0.29) is 0 Å². The highest BCUT2D eigenvalue weighted by Gasteiger charge is 2.80. The van der Waals surface area contributed by atoms with Crippen molar-refractivity contribution in [1.29, 1.82) is 0 Å². The van der Waals surface area contributed by atoms with E-state index in [9.17, 15) is 31.5 Å². The van der Waals surface area contributed by atoms with Gasteiger partial charge in [0.2, 0.25) is 0 Å². The topological polar surface area (TPSA) is 61.8 Å². The van der Waals surface area contributed by atoms with Crippen LogP contribution in [0.2, 0.25) is 19.6 Å². The summed E-state index contributed by atoms with van der Waals surface area (Å²) in [5.74, 6) is -10.1. The van der Waals surface area contributed by atoms with Crippen molar-refractivity contribution >= 4 is 20.3 Å². The second kappa shape index (κ2) is 7.12. The summed E-state index contributed by atoms with van der Waals surface area (Å²) < 4.78 is 80.1. The molecule has 0 spiro atoms. The second-order valence-corrected chi connectivity index (χ2v) is 9.84. The molecule has 0 aromatic carbocycles. The molecule has 0 rings (SSSR count). The number of carbonyl (C=O) groups is 2. The average Bonchev–Trinajstić information content (AvgIpc) is 2.33. The van der Waals surface area contributed by atoms with E-state index in [0.29, 0.717) is 0 Å². The van der Waals surface area contributed by atoms with Crippen molar-refractivity contribution in [2.45, 2.75) is 51.2 Å². The lowest BCUT2D eigenvalue weighted by atomic mass is 9.95. The van der Waals surface area contributed by atoms with Gasteiger partial charge in [-0.05, 0) is 33.5 Å². The lowest BCUT2D eigenvalue weighted by Gasteiger charge is -2.39. The van der Waals surface area contributed by atoms with Crippen LogP contribution < -0.4 is 0 Å². The molecule has 23 heavy (non-hydrogen) atoms. The minimum Gasteiger partial charge on any atom is -0.463 e. The zero-order valence-corrected chi connectivity index (χ0v) is 14.3. The zero-order chi connectivity index (χ0) is 18.7. The molecule has 0 saturated heterocycles. The maximum atomic E-state index is 14.1. The van der Waals surface area contributed by atoms with E-state index in [0.717, 1.165) is 0 Å². The quantitative estimate of drug-likeness (QED) is 0.300. The Kier molecular flexibility index (Phi) is 6.73. The fourth-order valence-corrected chi connectivity index (χ4v) is 2.82. The van der Waals surface area contributed by atoms with Crippen molar-refractivity contribution in [2.75, 3.05) is 13.2 Å². The Morgan fingerprint density at radius 2 is 1.22 bits per heavy atom. The molecule has 0 unspecified atom stereocenters. The molecule has 5 nitrogen and oxygen atoms in total. The van der Waals surface area contributed by atoms with E-state index in [1.165, 1.54) is 33.5 Å². The number of alkyl halides is 5. The first-order chi connectivity index (χ1) is 10.2. The molecular formula is C12H19F5O5Si. The highest BCUT2D eigenvalue weighted by atomic mass is 28.4. The molecular weight excluding hydrogens is 347 g/mol. The van der Waals surface area contributed by atoms with E-state index in [2.05, 4.69) is 9.47 Å². The van der Waals surface area contributed by atoms with E-state index in [1.807, 2.05) is 0 Å². The van der Waals surface area contributed by atoms with Crippen LogP contribution in [0.3, 0.4) is 0 Å². The van der Waals surface area contributed by atoms with Crippen molar-refractivity contribution < 1.29 is 45.4 Å². The molecule has 0 aromatic heterocycles. The number of hydrogen-bond donors (Lipinski definition) is 0. The number of ether oxygens (including phenoxy) is 2. The minimum absolute atomic E-state index is 0.525.